The van der Waals surface area contributed by atoms with Crippen molar-refractivity contribution >= 4 is 27.5 Å². The number of carbonyl (C=O) groups excluding carboxylic acids is 1. The molecule has 0 aliphatic heterocycles. The molecule has 0 aliphatic carbocycles. The number of para-hydroxylation sites is 2. The number of unbranched alkanes of at least 4 members (excludes halogenated alkanes) is 1. The monoisotopic (exact) mass is 433 g/mol. The number of ether oxygens (including phenoxy) is 2. The van der Waals surface area contributed by atoms with Gasteiger partial charge in [-0.2, -0.15) is 0 Å². The molecule has 1 N–H and O–H groups in total. The van der Waals surface area contributed by atoms with Crippen molar-refractivity contribution < 1.29 is 14.3 Å². The Hall–Kier alpha value is -2.01. The highest BCUT2D eigenvalue weighted by Gasteiger charge is 2.08. The number of rotatable bonds is 11. The minimum Gasteiger partial charge on any atom is -0.492 e. The van der Waals surface area contributed by atoms with Crippen LogP contribution in [0.4, 0.5) is 5.69 Å². The number of nitrogens with one attached hydrogen (secondary N) is 1. The molecular formula is C22H28BrNO3. The number of hydrogen-bond acceptors (Lipinski definition) is 3. The van der Waals surface area contributed by atoms with E-state index < -0.39 is 0 Å². The van der Waals surface area contributed by atoms with E-state index in [1.807, 2.05) is 30.3 Å². The quantitative estimate of drug-likeness (QED) is 0.442. The standard InChI is InChI=1S/C22H28BrNO3/c1-3-5-14-27-21-10-7-6-9-19(21)24-22(25)11-8-15-26-20-13-12-17(4-2)16-18(20)23/h6-7,9-10,12-13,16H,3-5,8,11,14-15H2,1-2H3,(H,24,25). The summed E-state index contributed by atoms with van der Waals surface area (Å²) in [6.07, 6.45) is 4.10. The van der Waals surface area contributed by atoms with Crippen molar-refractivity contribution in [2.45, 2.75) is 46.0 Å². The lowest BCUT2D eigenvalue weighted by molar-refractivity contribution is -0.116. The molecule has 0 atom stereocenters. The summed E-state index contributed by atoms with van der Waals surface area (Å²) in [6.45, 7) is 5.39. The molecule has 4 nitrogen and oxygen atoms in total. The van der Waals surface area contributed by atoms with E-state index in [1.165, 1.54) is 5.56 Å². The van der Waals surface area contributed by atoms with Gasteiger partial charge < -0.3 is 14.8 Å². The molecule has 0 aliphatic rings. The predicted molar refractivity (Wildman–Crippen MR) is 114 cm³/mol. The molecule has 2 aromatic carbocycles. The van der Waals surface area contributed by atoms with Crippen LogP contribution in [0.2, 0.25) is 0 Å². The maximum Gasteiger partial charge on any atom is 0.224 e. The number of amides is 1. The average Bonchev–Trinajstić information content (AvgIpc) is 2.67. The third kappa shape index (κ3) is 7.25. The number of aryl methyl sites for hydroxylation is 1. The molecule has 0 saturated heterocycles. The van der Waals surface area contributed by atoms with Gasteiger partial charge in [0.05, 0.1) is 23.4 Å². The molecule has 146 valence electrons. The summed E-state index contributed by atoms with van der Waals surface area (Å²) in [4.78, 5) is 12.2. The summed E-state index contributed by atoms with van der Waals surface area (Å²) >= 11 is 3.53. The smallest absolute Gasteiger partial charge is 0.224 e. The van der Waals surface area contributed by atoms with Crippen molar-refractivity contribution in [2.24, 2.45) is 0 Å². The Morgan fingerprint density at radius 1 is 1.00 bits per heavy atom. The number of benzene rings is 2. The Morgan fingerprint density at radius 2 is 1.74 bits per heavy atom. The van der Waals surface area contributed by atoms with Crippen LogP contribution in [0, 0.1) is 0 Å². The van der Waals surface area contributed by atoms with Gasteiger partial charge in [-0.25, -0.2) is 0 Å². The van der Waals surface area contributed by atoms with Crippen LogP contribution in [0.25, 0.3) is 0 Å². The normalized spacial score (nSPS) is 10.5. The maximum absolute atomic E-state index is 12.2. The number of anilines is 1. The van der Waals surface area contributed by atoms with Crippen molar-refractivity contribution in [3.63, 3.8) is 0 Å². The van der Waals surface area contributed by atoms with Gasteiger partial charge >= 0.3 is 0 Å². The zero-order valence-electron chi connectivity index (χ0n) is 16.1. The number of halogens is 1. The average molecular weight is 434 g/mol. The third-order valence-electron chi connectivity index (χ3n) is 4.13. The fourth-order valence-corrected chi connectivity index (χ4v) is 3.07. The molecule has 27 heavy (non-hydrogen) atoms. The van der Waals surface area contributed by atoms with Crippen molar-refractivity contribution in [3.8, 4) is 11.5 Å². The second-order valence-electron chi connectivity index (χ2n) is 6.32. The summed E-state index contributed by atoms with van der Waals surface area (Å²) < 4.78 is 12.5. The van der Waals surface area contributed by atoms with Gasteiger partial charge in [0.25, 0.3) is 0 Å². The minimum absolute atomic E-state index is 0.0365. The van der Waals surface area contributed by atoms with E-state index in [2.05, 4.69) is 47.2 Å². The lowest BCUT2D eigenvalue weighted by atomic mass is 10.2. The number of carbonyl (C=O) groups is 1. The first-order valence-electron chi connectivity index (χ1n) is 9.57. The lowest BCUT2D eigenvalue weighted by Crippen LogP contribution is -2.14. The fraction of sp³-hybridized carbons (Fsp3) is 0.409. The van der Waals surface area contributed by atoms with Gasteiger partial charge in [-0.1, -0.05) is 38.5 Å². The summed E-state index contributed by atoms with van der Waals surface area (Å²) in [5, 5.41) is 2.93. The fourth-order valence-electron chi connectivity index (χ4n) is 2.53. The molecule has 2 aromatic rings. The third-order valence-corrected chi connectivity index (χ3v) is 4.75. The molecule has 0 unspecified atom stereocenters. The van der Waals surface area contributed by atoms with Crippen LogP contribution in [-0.4, -0.2) is 19.1 Å². The minimum atomic E-state index is -0.0365. The van der Waals surface area contributed by atoms with Gasteiger partial charge in [0.1, 0.15) is 11.5 Å². The van der Waals surface area contributed by atoms with Crippen molar-refractivity contribution in [1.29, 1.82) is 0 Å². The Balaban J connectivity index is 1.77. The SMILES string of the molecule is CCCCOc1ccccc1NC(=O)CCCOc1ccc(CC)cc1Br. The summed E-state index contributed by atoms with van der Waals surface area (Å²) in [5.74, 6) is 1.49. The highest BCUT2D eigenvalue weighted by Crippen LogP contribution is 2.27. The van der Waals surface area contributed by atoms with Gasteiger partial charge in [-0.15, -0.1) is 0 Å². The first-order valence-corrected chi connectivity index (χ1v) is 10.4. The first kappa shape index (κ1) is 21.3. The van der Waals surface area contributed by atoms with Crippen LogP contribution < -0.4 is 14.8 Å². The topological polar surface area (TPSA) is 47.6 Å². The molecule has 0 spiro atoms. The molecule has 0 radical (unpaired) electrons. The van der Waals surface area contributed by atoms with E-state index in [-0.39, 0.29) is 5.91 Å². The van der Waals surface area contributed by atoms with E-state index in [4.69, 9.17) is 9.47 Å². The van der Waals surface area contributed by atoms with E-state index in [0.29, 0.717) is 26.1 Å². The Kier molecular flexibility index (Phi) is 9.19. The molecule has 0 heterocycles. The van der Waals surface area contributed by atoms with Crippen LogP contribution in [0.15, 0.2) is 46.9 Å². The van der Waals surface area contributed by atoms with Gasteiger partial charge in [0.2, 0.25) is 5.91 Å². The van der Waals surface area contributed by atoms with Crippen LogP contribution >= 0.6 is 15.9 Å². The highest BCUT2D eigenvalue weighted by molar-refractivity contribution is 9.10. The van der Waals surface area contributed by atoms with E-state index in [0.717, 1.165) is 40.9 Å². The summed E-state index contributed by atoms with van der Waals surface area (Å²) in [6, 6.07) is 13.6. The van der Waals surface area contributed by atoms with E-state index in [1.54, 1.807) is 0 Å². The summed E-state index contributed by atoms with van der Waals surface area (Å²) in [5.41, 5.74) is 1.98. The molecule has 2 rings (SSSR count). The second-order valence-corrected chi connectivity index (χ2v) is 7.17. The predicted octanol–water partition coefficient (Wildman–Crippen LogP) is 5.99. The van der Waals surface area contributed by atoms with Crippen LogP contribution in [0.5, 0.6) is 11.5 Å². The zero-order chi connectivity index (χ0) is 19.5. The summed E-state index contributed by atoms with van der Waals surface area (Å²) in [7, 11) is 0. The van der Waals surface area contributed by atoms with Gasteiger partial charge in [0, 0.05) is 6.42 Å². The van der Waals surface area contributed by atoms with Crippen molar-refractivity contribution in [1.82, 2.24) is 0 Å². The number of hydrogen-bond donors (Lipinski definition) is 1. The second kappa shape index (κ2) is 11.7. The van der Waals surface area contributed by atoms with Crippen molar-refractivity contribution in [2.75, 3.05) is 18.5 Å². The van der Waals surface area contributed by atoms with Crippen molar-refractivity contribution in [3.05, 3.63) is 52.5 Å². The van der Waals surface area contributed by atoms with Crippen LogP contribution in [0.1, 0.15) is 45.1 Å². The van der Waals surface area contributed by atoms with Crippen LogP contribution in [-0.2, 0) is 11.2 Å². The Morgan fingerprint density at radius 3 is 2.48 bits per heavy atom. The van der Waals surface area contributed by atoms with Gasteiger partial charge in [0.15, 0.2) is 0 Å². The zero-order valence-corrected chi connectivity index (χ0v) is 17.7. The highest BCUT2D eigenvalue weighted by atomic mass is 79.9. The molecule has 5 heteroatoms. The first-order chi connectivity index (χ1) is 13.1. The van der Waals surface area contributed by atoms with Gasteiger partial charge in [-0.3, -0.25) is 4.79 Å². The molecule has 0 aromatic heterocycles. The molecule has 1 amide bonds. The van der Waals surface area contributed by atoms with Crippen LogP contribution in [0.3, 0.4) is 0 Å². The Labute approximate surface area is 170 Å². The molecule has 0 fully saturated rings. The van der Waals surface area contributed by atoms with E-state index >= 15 is 0 Å². The molecule has 0 saturated carbocycles. The maximum atomic E-state index is 12.2. The largest absolute Gasteiger partial charge is 0.492 e. The lowest BCUT2D eigenvalue weighted by Gasteiger charge is -2.12. The van der Waals surface area contributed by atoms with E-state index in [9.17, 15) is 4.79 Å². The Bertz CT molecular complexity index is 733. The van der Waals surface area contributed by atoms with Gasteiger partial charge in [-0.05, 0) is 65.0 Å². The molecule has 0 bridgehead atoms. The molecular weight excluding hydrogens is 406 g/mol.